The van der Waals surface area contributed by atoms with Crippen LogP contribution in [0.5, 0.6) is 0 Å². The fourth-order valence-electron chi connectivity index (χ4n) is 1.97. The number of carboxylic acids is 1. The number of nitrogens with zero attached hydrogens (tertiary/aromatic N) is 1. The topological polar surface area (TPSA) is 50.2 Å². The van der Waals surface area contributed by atoms with Gasteiger partial charge in [0.15, 0.2) is 0 Å². The molecule has 0 saturated heterocycles. The Morgan fingerprint density at radius 1 is 1.00 bits per heavy atom. The van der Waals surface area contributed by atoms with Crippen molar-refractivity contribution < 1.29 is 9.90 Å². The van der Waals surface area contributed by atoms with Crippen molar-refractivity contribution in [3.63, 3.8) is 0 Å². The van der Waals surface area contributed by atoms with E-state index in [0.29, 0.717) is 5.52 Å². The molecule has 17 heavy (non-hydrogen) atoms. The van der Waals surface area contributed by atoms with E-state index in [9.17, 15) is 4.79 Å². The van der Waals surface area contributed by atoms with Gasteiger partial charge in [-0.15, -0.1) is 0 Å². The Morgan fingerprint density at radius 2 is 1.76 bits per heavy atom. The Bertz CT molecular complexity index is 734. The second-order valence-corrected chi connectivity index (χ2v) is 3.86. The number of aromatic nitrogens is 1. The molecule has 0 saturated carbocycles. The number of hydrogen-bond donors (Lipinski definition) is 1. The highest BCUT2D eigenvalue weighted by molar-refractivity contribution is 6.04. The maximum Gasteiger partial charge on any atom is 0.337 e. The van der Waals surface area contributed by atoms with Crippen LogP contribution >= 0.6 is 0 Å². The Morgan fingerprint density at radius 3 is 2.59 bits per heavy atom. The summed E-state index contributed by atoms with van der Waals surface area (Å²) in [6.45, 7) is 0. The van der Waals surface area contributed by atoms with Crippen molar-refractivity contribution in [2.75, 3.05) is 0 Å². The van der Waals surface area contributed by atoms with Crippen LogP contribution in [0.15, 0.2) is 48.5 Å². The van der Waals surface area contributed by atoms with E-state index in [4.69, 9.17) is 5.11 Å². The van der Waals surface area contributed by atoms with Crippen molar-refractivity contribution in [3.05, 3.63) is 54.1 Å². The predicted octanol–water partition coefficient (Wildman–Crippen LogP) is 3.09. The van der Waals surface area contributed by atoms with Crippen LogP contribution in [-0.2, 0) is 0 Å². The average molecular weight is 223 g/mol. The van der Waals surface area contributed by atoms with Gasteiger partial charge in [-0.3, -0.25) is 0 Å². The Balaban J connectivity index is 2.47. The van der Waals surface area contributed by atoms with Crippen LogP contribution in [0.4, 0.5) is 0 Å². The summed E-state index contributed by atoms with van der Waals surface area (Å²) in [5, 5.41) is 11.0. The average Bonchev–Trinajstić information content (AvgIpc) is 2.35. The highest BCUT2D eigenvalue weighted by Crippen LogP contribution is 2.22. The number of carboxylic acid groups (broad SMARTS) is 1. The Labute approximate surface area is 97.3 Å². The van der Waals surface area contributed by atoms with Crippen molar-refractivity contribution in [2.24, 2.45) is 0 Å². The molecule has 0 amide bonds. The lowest BCUT2D eigenvalue weighted by Crippen LogP contribution is -1.98. The molecule has 0 aliphatic heterocycles. The summed E-state index contributed by atoms with van der Waals surface area (Å²) in [4.78, 5) is 15.5. The van der Waals surface area contributed by atoms with Crippen molar-refractivity contribution in [1.82, 2.24) is 4.98 Å². The molecule has 0 aliphatic carbocycles. The Kier molecular flexibility index (Phi) is 2.05. The van der Waals surface area contributed by atoms with E-state index >= 15 is 0 Å². The van der Waals surface area contributed by atoms with Gasteiger partial charge in [0.2, 0.25) is 0 Å². The van der Waals surface area contributed by atoms with Gasteiger partial charge in [-0.1, -0.05) is 30.3 Å². The lowest BCUT2D eigenvalue weighted by Gasteiger charge is -2.03. The molecular weight excluding hydrogens is 214 g/mol. The summed E-state index contributed by atoms with van der Waals surface area (Å²) < 4.78 is 0. The van der Waals surface area contributed by atoms with Crippen LogP contribution in [0.25, 0.3) is 21.8 Å². The van der Waals surface area contributed by atoms with Gasteiger partial charge < -0.3 is 5.11 Å². The van der Waals surface area contributed by atoms with Gasteiger partial charge in [-0.05, 0) is 18.2 Å². The number of pyridine rings is 1. The number of aromatic carboxylic acids is 1. The number of para-hydroxylation sites is 2. The van der Waals surface area contributed by atoms with E-state index < -0.39 is 5.97 Å². The van der Waals surface area contributed by atoms with E-state index in [1.54, 1.807) is 12.1 Å². The molecule has 0 unspecified atom stereocenters. The smallest absolute Gasteiger partial charge is 0.337 e. The maximum atomic E-state index is 11.1. The quantitative estimate of drug-likeness (QED) is 0.645. The van der Waals surface area contributed by atoms with Gasteiger partial charge in [0.1, 0.15) is 0 Å². The zero-order valence-corrected chi connectivity index (χ0v) is 8.92. The zero-order chi connectivity index (χ0) is 11.8. The summed E-state index contributed by atoms with van der Waals surface area (Å²) >= 11 is 0. The summed E-state index contributed by atoms with van der Waals surface area (Å²) in [5.41, 5.74) is 1.60. The molecule has 0 spiro atoms. The highest BCUT2D eigenvalue weighted by atomic mass is 16.4. The fraction of sp³-hybridized carbons (Fsp3) is 0. The van der Waals surface area contributed by atoms with Crippen molar-refractivity contribution in [1.29, 1.82) is 0 Å². The number of benzene rings is 2. The van der Waals surface area contributed by atoms with Gasteiger partial charge in [0, 0.05) is 10.8 Å². The molecule has 0 bridgehead atoms. The second kappa shape index (κ2) is 3.56. The molecular formula is C14H9NO2. The molecule has 3 rings (SSSR count). The van der Waals surface area contributed by atoms with Gasteiger partial charge in [-0.25, -0.2) is 9.78 Å². The van der Waals surface area contributed by atoms with Crippen molar-refractivity contribution in [2.45, 2.75) is 0 Å². The monoisotopic (exact) mass is 223 g/mol. The van der Waals surface area contributed by atoms with Crippen LogP contribution in [0.2, 0.25) is 0 Å². The molecule has 1 heterocycles. The molecule has 0 aliphatic rings. The molecule has 0 radical (unpaired) electrons. The number of rotatable bonds is 1. The SMILES string of the molecule is O=C(O)c1cccc2cc3ccccc3nc12. The highest BCUT2D eigenvalue weighted by Gasteiger charge is 2.09. The number of fused-ring (bicyclic) bond motifs is 2. The first-order valence-electron chi connectivity index (χ1n) is 5.27. The lowest BCUT2D eigenvalue weighted by atomic mass is 10.1. The first-order valence-corrected chi connectivity index (χ1v) is 5.27. The maximum absolute atomic E-state index is 11.1. The normalized spacial score (nSPS) is 10.8. The molecule has 0 fully saturated rings. The summed E-state index contributed by atoms with van der Waals surface area (Å²) in [5.74, 6) is -0.946. The first-order chi connectivity index (χ1) is 8.25. The fourth-order valence-corrected chi connectivity index (χ4v) is 1.97. The van der Waals surface area contributed by atoms with E-state index in [0.717, 1.165) is 16.3 Å². The third kappa shape index (κ3) is 1.52. The molecule has 3 aromatic rings. The van der Waals surface area contributed by atoms with Gasteiger partial charge in [-0.2, -0.15) is 0 Å². The predicted molar refractivity (Wildman–Crippen MR) is 66.2 cm³/mol. The third-order valence-electron chi connectivity index (χ3n) is 2.78. The van der Waals surface area contributed by atoms with Crippen LogP contribution in [-0.4, -0.2) is 16.1 Å². The molecule has 1 N–H and O–H groups in total. The minimum Gasteiger partial charge on any atom is -0.478 e. The molecule has 3 nitrogen and oxygen atoms in total. The summed E-state index contributed by atoms with van der Waals surface area (Å²) in [7, 11) is 0. The van der Waals surface area contributed by atoms with Crippen LogP contribution in [0.1, 0.15) is 10.4 Å². The van der Waals surface area contributed by atoms with Crippen LogP contribution in [0.3, 0.4) is 0 Å². The van der Waals surface area contributed by atoms with Gasteiger partial charge in [0.05, 0.1) is 16.6 Å². The van der Waals surface area contributed by atoms with Crippen molar-refractivity contribution in [3.8, 4) is 0 Å². The number of hydrogen-bond acceptors (Lipinski definition) is 2. The first kappa shape index (κ1) is 9.78. The van der Waals surface area contributed by atoms with Gasteiger partial charge in [0.25, 0.3) is 0 Å². The molecule has 1 aromatic heterocycles. The third-order valence-corrected chi connectivity index (χ3v) is 2.78. The standard InChI is InChI=1S/C14H9NO2/c16-14(17)11-6-3-5-10-8-9-4-1-2-7-12(9)15-13(10)11/h1-8H,(H,16,17). The van der Waals surface area contributed by atoms with E-state index in [-0.39, 0.29) is 5.56 Å². The minimum atomic E-state index is -0.946. The number of carbonyl (C=O) groups is 1. The lowest BCUT2D eigenvalue weighted by molar-refractivity contribution is 0.0699. The van der Waals surface area contributed by atoms with E-state index in [2.05, 4.69) is 4.98 Å². The largest absolute Gasteiger partial charge is 0.478 e. The van der Waals surface area contributed by atoms with Crippen LogP contribution in [0, 0.1) is 0 Å². The molecule has 3 heteroatoms. The Hall–Kier alpha value is -2.42. The molecule has 2 aromatic carbocycles. The van der Waals surface area contributed by atoms with Crippen molar-refractivity contribution >= 4 is 27.8 Å². The summed E-state index contributed by atoms with van der Waals surface area (Å²) in [6.07, 6.45) is 0. The van der Waals surface area contributed by atoms with Gasteiger partial charge >= 0.3 is 5.97 Å². The summed E-state index contributed by atoms with van der Waals surface area (Å²) in [6, 6.07) is 14.8. The van der Waals surface area contributed by atoms with E-state index in [1.165, 1.54) is 0 Å². The van der Waals surface area contributed by atoms with E-state index in [1.807, 2.05) is 36.4 Å². The minimum absolute atomic E-state index is 0.244. The molecule has 82 valence electrons. The van der Waals surface area contributed by atoms with Crippen LogP contribution < -0.4 is 0 Å². The second-order valence-electron chi connectivity index (χ2n) is 3.86. The zero-order valence-electron chi connectivity index (χ0n) is 8.92. The molecule has 0 atom stereocenters.